The fraction of sp³-hybridized carbons (Fsp3) is 0.550. The van der Waals surface area contributed by atoms with E-state index in [1.807, 2.05) is 12.1 Å². The Labute approximate surface area is 160 Å². The summed E-state index contributed by atoms with van der Waals surface area (Å²) in [5.41, 5.74) is 0.805. The molecule has 1 aromatic rings. The molecule has 3 amide bonds. The average Bonchev–Trinajstić information content (AvgIpc) is 3.12. The first-order valence-electron chi connectivity index (χ1n) is 9.37. The molecule has 0 aliphatic heterocycles. The summed E-state index contributed by atoms with van der Waals surface area (Å²) in [5.74, 6) is -0.194. The molecule has 148 valence electrons. The van der Waals surface area contributed by atoms with Gasteiger partial charge in [0.1, 0.15) is 12.1 Å². The van der Waals surface area contributed by atoms with Crippen molar-refractivity contribution in [1.82, 2.24) is 10.6 Å². The molecule has 3 N–H and O–H groups in total. The summed E-state index contributed by atoms with van der Waals surface area (Å²) in [4.78, 5) is 35.9. The molecule has 1 fully saturated rings. The number of ether oxygens (including phenoxy) is 1. The van der Waals surface area contributed by atoms with Gasteiger partial charge in [-0.25, -0.2) is 4.79 Å². The summed E-state index contributed by atoms with van der Waals surface area (Å²) in [6.45, 7) is 5.41. The standard InChI is InChI=1S/C20H29N3O4/c1-20(2,3)27-19(26)22-13-17(24)23-16-11-7-6-10-15(16)12-21-18(25)14-8-4-5-9-14/h6-7,10-11,14H,4-5,8-9,12-13H2,1-3H3,(H,21,25)(H,22,26)(H,23,24). The lowest BCUT2D eigenvalue weighted by molar-refractivity contribution is -0.125. The van der Waals surface area contributed by atoms with Crippen molar-refractivity contribution in [2.75, 3.05) is 11.9 Å². The van der Waals surface area contributed by atoms with E-state index in [-0.39, 0.29) is 24.3 Å². The molecule has 7 heteroatoms. The molecule has 0 unspecified atom stereocenters. The number of carbonyl (C=O) groups is 3. The van der Waals surface area contributed by atoms with Crippen molar-refractivity contribution >= 4 is 23.6 Å². The Hall–Kier alpha value is -2.57. The molecule has 0 bridgehead atoms. The highest BCUT2D eigenvalue weighted by molar-refractivity contribution is 5.94. The van der Waals surface area contributed by atoms with E-state index in [1.165, 1.54) is 0 Å². The van der Waals surface area contributed by atoms with Gasteiger partial charge in [0, 0.05) is 18.2 Å². The molecule has 1 saturated carbocycles. The molecule has 1 aromatic carbocycles. The number of amides is 3. The van der Waals surface area contributed by atoms with Gasteiger partial charge in [0.15, 0.2) is 0 Å². The number of benzene rings is 1. The predicted molar refractivity (Wildman–Crippen MR) is 103 cm³/mol. The monoisotopic (exact) mass is 375 g/mol. The van der Waals surface area contributed by atoms with Gasteiger partial charge in [-0.3, -0.25) is 9.59 Å². The number of carbonyl (C=O) groups excluding carboxylic acids is 3. The third kappa shape index (κ3) is 7.29. The fourth-order valence-corrected chi connectivity index (χ4v) is 2.97. The minimum absolute atomic E-state index is 0.0696. The topological polar surface area (TPSA) is 96.5 Å². The van der Waals surface area contributed by atoms with E-state index < -0.39 is 11.7 Å². The normalized spacial score (nSPS) is 14.5. The SMILES string of the molecule is CC(C)(C)OC(=O)NCC(=O)Nc1ccccc1CNC(=O)C1CCCC1. The molecular formula is C20H29N3O4. The molecule has 27 heavy (non-hydrogen) atoms. The highest BCUT2D eigenvalue weighted by Crippen LogP contribution is 2.25. The minimum Gasteiger partial charge on any atom is -0.444 e. The van der Waals surface area contributed by atoms with E-state index in [0.29, 0.717) is 12.2 Å². The van der Waals surface area contributed by atoms with Crippen molar-refractivity contribution in [1.29, 1.82) is 0 Å². The second-order valence-corrected chi connectivity index (χ2v) is 7.76. The van der Waals surface area contributed by atoms with Gasteiger partial charge in [0.05, 0.1) is 0 Å². The maximum atomic E-state index is 12.2. The zero-order valence-corrected chi connectivity index (χ0v) is 16.3. The largest absolute Gasteiger partial charge is 0.444 e. The molecule has 1 aliphatic rings. The second kappa shape index (κ2) is 9.39. The number of alkyl carbamates (subject to hydrolysis) is 1. The third-order valence-corrected chi connectivity index (χ3v) is 4.26. The van der Waals surface area contributed by atoms with Crippen LogP contribution >= 0.6 is 0 Å². The van der Waals surface area contributed by atoms with Crippen molar-refractivity contribution in [3.8, 4) is 0 Å². The van der Waals surface area contributed by atoms with E-state index in [0.717, 1.165) is 31.2 Å². The molecule has 0 atom stereocenters. The molecule has 0 saturated heterocycles. The molecule has 0 spiro atoms. The highest BCUT2D eigenvalue weighted by Gasteiger charge is 2.22. The third-order valence-electron chi connectivity index (χ3n) is 4.26. The van der Waals surface area contributed by atoms with Gasteiger partial charge in [0.25, 0.3) is 0 Å². The van der Waals surface area contributed by atoms with Crippen LogP contribution in [0.1, 0.15) is 52.0 Å². The van der Waals surface area contributed by atoms with Crippen LogP contribution < -0.4 is 16.0 Å². The van der Waals surface area contributed by atoms with Crippen LogP contribution in [-0.2, 0) is 20.9 Å². The quantitative estimate of drug-likeness (QED) is 0.712. The average molecular weight is 375 g/mol. The Morgan fingerprint density at radius 1 is 1.07 bits per heavy atom. The van der Waals surface area contributed by atoms with Gasteiger partial charge >= 0.3 is 6.09 Å². The summed E-state index contributed by atoms with van der Waals surface area (Å²) < 4.78 is 5.10. The molecule has 0 aromatic heterocycles. The number of hydrogen-bond donors (Lipinski definition) is 3. The van der Waals surface area contributed by atoms with Crippen LogP contribution in [-0.4, -0.2) is 30.1 Å². The van der Waals surface area contributed by atoms with E-state index in [4.69, 9.17) is 4.74 Å². The van der Waals surface area contributed by atoms with Crippen molar-refractivity contribution in [3.05, 3.63) is 29.8 Å². The Balaban J connectivity index is 1.84. The molecule has 0 heterocycles. The van der Waals surface area contributed by atoms with E-state index in [2.05, 4.69) is 16.0 Å². The van der Waals surface area contributed by atoms with E-state index >= 15 is 0 Å². The summed E-state index contributed by atoms with van der Waals surface area (Å²) in [7, 11) is 0. The van der Waals surface area contributed by atoms with Crippen LogP contribution in [0.15, 0.2) is 24.3 Å². The lowest BCUT2D eigenvalue weighted by Crippen LogP contribution is -2.37. The summed E-state index contributed by atoms with van der Waals surface area (Å²) in [6.07, 6.45) is 3.46. The van der Waals surface area contributed by atoms with Crippen molar-refractivity contribution in [2.45, 2.75) is 58.6 Å². The summed E-state index contributed by atoms with van der Waals surface area (Å²) in [6, 6.07) is 7.28. The lowest BCUT2D eigenvalue weighted by atomic mass is 10.1. The predicted octanol–water partition coefficient (Wildman–Crippen LogP) is 2.96. The van der Waals surface area contributed by atoms with Gasteiger partial charge in [-0.15, -0.1) is 0 Å². The lowest BCUT2D eigenvalue weighted by Gasteiger charge is -2.19. The Bertz CT molecular complexity index is 676. The number of anilines is 1. The maximum Gasteiger partial charge on any atom is 0.408 e. The van der Waals surface area contributed by atoms with E-state index in [9.17, 15) is 14.4 Å². The summed E-state index contributed by atoms with van der Waals surface area (Å²) >= 11 is 0. The fourth-order valence-electron chi connectivity index (χ4n) is 2.97. The van der Waals surface area contributed by atoms with Gasteiger partial charge in [-0.1, -0.05) is 31.0 Å². The summed E-state index contributed by atoms with van der Waals surface area (Å²) in [5, 5.41) is 8.14. The maximum absolute atomic E-state index is 12.2. The Kier molecular flexibility index (Phi) is 7.21. The van der Waals surface area contributed by atoms with Gasteiger partial charge in [-0.2, -0.15) is 0 Å². The van der Waals surface area contributed by atoms with Crippen LogP contribution in [0, 0.1) is 5.92 Å². The molecule has 7 nitrogen and oxygen atoms in total. The first-order valence-corrected chi connectivity index (χ1v) is 9.37. The van der Waals surface area contributed by atoms with Crippen LogP contribution in [0.5, 0.6) is 0 Å². The van der Waals surface area contributed by atoms with Crippen LogP contribution in [0.4, 0.5) is 10.5 Å². The molecule has 1 aliphatic carbocycles. The number of rotatable bonds is 6. The van der Waals surface area contributed by atoms with Crippen LogP contribution in [0.25, 0.3) is 0 Å². The Morgan fingerprint density at radius 2 is 1.74 bits per heavy atom. The molecule has 2 rings (SSSR count). The molecular weight excluding hydrogens is 346 g/mol. The molecule has 0 radical (unpaired) electrons. The highest BCUT2D eigenvalue weighted by atomic mass is 16.6. The Morgan fingerprint density at radius 3 is 2.41 bits per heavy atom. The number of nitrogens with one attached hydrogen (secondary N) is 3. The van der Waals surface area contributed by atoms with Crippen LogP contribution in [0.2, 0.25) is 0 Å². The van der Waals surface area contributed by atoms with Crippen molar-refractivity contribution in [2.24, 2.45) is 5.92 Å². The smallest absolute Gasteiger partial charge is 0.408 e. The zero-order chi connectivity index (χ0) is 19.9. The van der Waals surface area contributed by atoms with Gasteiger partial charge in [-0.05, 0) is 45.2 Å². The number of para-hydroxylation sites is 1. The van der Waals surface area contributed by atoms with Gasteiger partial charge in [0.2, 0.25) is 11.8 Å². The van der Waals surface area contributed by atoms with E-state index in [1.54, 1.807) is 32.9 Å². The zero-order valence-electron chi connectivity index (χ0n) is 16.3. The van der Waals surface area contributed by atoms with Crippen LogP contribution in [0.3, 0.4) is 0 Å². The first-order chi connectivity index (χ1) is 12.7. The number of hydrogen-bond acceptors (Lipinski definition) is 4. The van der Waals surface area contributed by atoms with Gasteiger partial charge < -0.3 is 20.7 Å². The minimum atomic E-state index is -0.644. The second-order valence-electron chi connectivity index (χ2n) is 7.76. The first kappa shape index (κ1) is 20.7. The van der Waals surface area contributed by atoms with Crippen molar-refractivity contribution < 1.29 is 19.1 Å². The van der Waals surface area contributed by atoms with Crippen molar-refractivity contribution in [3.63, 3.8) is 0 Å².